The molecule has 1 aromatic rings. The summed E-state index contributed by atoms with van der Waals surface area (Å²) in [5, 5.41) is 15.1. The van der Waals surface area contributed by atoms with E-state index in [9.17, 15) is 14.4 Å². The van der Waals surface area contributed by atoms with E-state index in [1.54, 1.807) is 14.1 Å². The molecule has 0 aromatic heterocycles. The van der Waals surface area contributed by atoms with Crippen LogP contribution in [-0.2, 0) is 19.8 Å². The number of nitrogens with zero attached hydrogens (tertiary/aromatic N) is 1. The first-order valence-electron chi connectivity index (χ1n) is 10.4. The van der Waals surface area contributed by atoms with Gasteiger partial charge in [-0.1, -0.05) is 71.0 Å². The third kappa shape index (κ3) is 6.92. The van der Waals surface area contributed by atoms with Gasteiger partial charge in [-0.15, -0.1) is 0 Å². The molecule has 7 nitrogen and oxygen atoms in total. The van der Waals surface area contributed by atoms with Crippen LogP contribution >= 0.6 is 0 Å². The highest BCUT2D eigenvalue weighted by Gasteiger charge is 2.40. The van der Waals surface area contributed by atoms with Crippen LogP contribution in [0.4, 0.5) is 0 Å². The van der Waals surface area contributed by atoms with E-state index in [1.165, 1.54) is 17.9 Å². The molecule has 0 heterocycles. The summed E-state index contributed by atoms with van der Waals surface area (Å²) in [6.07, 6.45) is 1.48. The maximum Gasteiger partial charge on any atom is 0.331 e. The minimum absolute atomic E-state index is 0.143. The monoisotopic (exact) mass is 431 g/mol. The Kier molecular flexibility index (Phi) is 8.99. The van der Waals surface area contributed by atoms with Gasteiger partial charge in [0.25, 0.3) is 0 Å². The summed E-state index contributed by atoms with van der Waals surface area (Å²) >= 11 is 0. The second-order valence-corrected chi connectivity index (χ2v) is 9.53. The lowest BCUT2D eigenvalue weighted by atomic mass is 9.76. The van der Waals surface area contributed by atoms with E-state index in [1.807, 2.05) is 65.0 Å². The lowest BCUT2D eigenvalue weighted by Gasteiger charge is -2.38. The van der Waals surface area contributed by atoms with Crippen LogP contribution in [-0.4, -0.2) is 60.5 Å². The molecule has 2 amide bonds. The van der Waals surface area contributed by atoms with E-state index in [2.05, 4.69) is 10.6 Å². The van der Waals surface area contributed by atoms with E-state index in [0.717, 1.165) is 5.56 Å². The van der Waals surface area contributed by atoms with Crippen molar-refractivity contribution in [2.24, 2.45) is 5.41 Å². The number of aliphatic carboxylic acids is 1. The molecule has 1 rings (SSSR count). The van der Waals surface area contributed by atoms with Crippen molar-refractivity contribution in [1.82, 2.24) is 15.5 Å². The highest BCUT2D eigenvalue weighted by Crippen LogP contribution is 2.28. The number of carboxylic acids is 1. The Morgan fingerprint density at radius 2 is 1.61 bits per heavy atom. The maximum atomic E-state index is 13.3. The normalized spacial score (nSPS) is 14.5. The Labute approximate surface area is 185 Å². The molecule has 0 radical (unpaired) electrons. The predicted octanol–water partition coefficient (Wildman–Crippen LogP) is 2.57. The number of nitrogens with one attached hydrogen (secondary N) is 2. The summed E-state index contributed by atoms with van der Waals surface area (Å²) in [5.74, 6) is -1.57. The first-order chi connectivity index (χ1) is 14.2. The molecule has 0 aliphatic heterocycles. The Morgan fingerprint density at radius 1 is 1.06 bits per heavy atom. The number of carbonyl (C=O) groups is 3. The Hall–Kier alpha value is -2.67. The standard InChI is InChI=1S/C24H37N3O4/c1-16(22(30)31)14-15-27(8)21(29)19(23(2,3)4)26-20(28)18(25-7)24(5,6)17-12-10-9-11-13-17/h9-14,18-19,25H,15H2,1-8H3,(H,26,28)(H,30,31)/b16-14+/t18-,19-/m1/s1. The van der Waals surface area contributed by atoms with Crippen LogP contribution in [0, 0.1) is 5.41 Å². The molecule has 0 aliphatic rings. The van der Waals surface area contributed by atoms with Crippen molar-refractivity contribution in [1.29, 1.82) is 0 Å². The average molecular weight is 432 g/mol. The number of amides is 2. The van der Waals surface area contributed by atoms with Crippen LogP contribution in [0.3, 0.4) is 0 Å². The summed E-state index contributed by atoms with van der Waals surface area (Å²) in [7, 11) is 3.33. The van der Waals surface area contributed by atoms with Crippen molar-refractivity contribution < 1.29 is 19.5 Å². The Bertz CT molecular complexity index is 810. The van der Waals surface area contributed by atoms with Gasteiger partial charge in [-0.05, 0) is 24.9 Å². The van der Waals surface area contributed by atoms with E-state index < -0.39 is 28.9 Å². The zero-order valence-electron chi connectivity index (χ0n) is 19.9. The SMILES string of the molecule is CN[C@H](C(=O)N[C@H](C(=O)N(C)C/C=C(\C)C(=O)O)C(C)(C)C)C(C)(C)c1ccccc1. The van der Waals surface area contributed by atoms with Crippen LogP contribution in [0.15, 0.2) is 42.0 Å². The molecule has 7 heteroatoms. The van der Waals surface area contributed by atoms with Gasteiger partial charge in [0.2, 0.25) is 11.8 Å². The summed E-state index contributed by atoms with van der Waals surface area (Å²) in [4.78, 5) is 38.9. The van der Waals surface area contributed by atoms with E-state index in [-0.39, 0.29) is 23.9 Å². The van der Waals surface area contributed by atoms with Crippen LogP contribution in [0.1, 0.15) is 47.1 Å². The molecule has 3 N–H and O–H groups in total. The number of hydrogen-bond acceptors (Lipinski definition) is 4. The smallest absolute Gasteiger partial charge is 0.331 e. The summed E-state index contributed by atoms with van der Waals surface area (Å²) in [6, 6.07) is 8.43. The van der Waals surface area contributed by atoms with E-state index in [4.69, 9.17) is 5.11 Å². The van der Waals surface area contributed by atoms with Gasteiger partial charge in [0.1, 0.15) is 6.04 Å². The number of hydrogen-bond donors (Lipinski definition) is 3. The van der Waals surface area contributed by atoms with Crippen molar-refractivity contribution in [3.05, 3.63) is 47.5 Å². The number of benzene rings is 1. The molecule has 0 bridgehead atoms. The Balaban J connectivity index is 3.10. The highest BCUT2D eigenvalue weighted by atomic mass is 16.4. The molecule has 31 heavy (non-hydrogen) atoms. The van der Waals surface area contributed by atoms with E-state index >= 15 is 0 Å². The van der Waals surface area contributed by atoms with Gasteiger partial charge in [-0.2, -0.15) is 0 Å². The van der Waals surface area contributed by atoms with Crippen molar-refractivity contribution in [2.75, 3.05) is 20.6 Å². The number of likely N-dealkylation sites (N-methyl/N-ethyl adjacent to an activating group) is 2. The highest BCUT2D eigenvalue weighted by molar-refractivity contribution is 5.91. The zero-order valence-corrected chi connectivity index (χ0v) is 19.9. The van der Waals surface area contributed by atoms with Gasteiger partial charge in [-0.3, -0.25) is 9.59 Å². The lowest BCUT2D eigenvalue weighted by molar-refractivity contribution is -0.139. The lowest BCUT2D eigenvalue weighted by Crippen LogP contribution is -2.60. The number of carbonyl (C=O) groups excluding carboxylic acids is 2. The topological polar surface area (TPSA) is 98.7 Å². The van der Waals surface area contributed by atoms with Gasteiger partial charge < -0.3 is 20.6 Å². The molecule has 0 fully saturated rings. The molecule has 2 atom stereocenters. The summed E-state index contributed by atoms with van der Waals surface area (Å²) in [5.41, 5.74) is 0.117. The molecule has 0 unspecified atom stereocenters. The maximum absolute atomic E-state index is 13.3. The summed E-state index contributed by atoms with van der Waals surface area (Å²) < 4.78 is 0. The van der Waals surface area contributed by atoms with Gasteiger partial charge in [0.15, 0.2) is 0 Å². The van der Waals surface area contributed by atoms with Crippen LogP contribution in [0.5, 0.6) is 0 Å². The molecule has 0 saturated heterocycles. The minimum Gasteiger partial charge on any atom is -0.478 e. The largest absolute Gasteiger partial charge is 0.478 e. The second-order valence-electron chi connectivity index (χ2n) is 9.53. The molecular weight excluding hydrogens is 394 g/mol. The van der Waals surface area contributed by atoms with Gasteiger partial charge >= 0.3 is 5.97 Å². The first-order valence-corrected chi connectivity index (χ1v) is 10.4. The van der Waals surface area contributed by atoms with E-state index in [0.29, 0.717) is 0 Å². The Morgan fingerprint density at radius 3 is 2.06 bits per heavy atom. The van der Waals surface area contributed by atoms with Gasteiger partial charge in [-0.25, -0.2) is 4.79 Å². The molecule has 0 saturated carbocycles. The quantitative estimate of drug-likeness (QED) is 0.522. The number of carboxylic acid groups (broad SMARTS) is 1. The minimum atomic E-state index is -1.03. The first kappa shape index (κ1) is 26.4. The van der Waals surface area contributed by atoms with Crippen LogP contribution in [0.2, 0.25) is 0 Å². The average Bonchev–Trinajstić information content (AvgIpc) is 2.69. The van der Waals surface area contributed by atoms with Crippen molar-refractivity contribution >= 4 is 17.8 Å². The van der Waals surface area contributed by atoms with Gasteiger partial charge in [0.05, 0.1) is 6.04 Å². The molecular formula is C24H37N3O4. The molecule has 0 spiro atoms. The summed E-state index contributed by atoms with van der Waals surface area (Å²) in [6.45, 7) is 11.3. The van der Waals surface area contributed by atoms with Gasteiger partial charge in [0, 0.05) is 24.6 Å². The number of rotatable bonds is 9. The van der Waals surface area contributed by atoms with Crippen molar-refractivity contribution in [3.63, 3.8) is 0 Å². The second kappa shape index (κ2) is 10.6. The molecule has 172 valence electrons. The van der Waals surface area contributed by atoms with Crippen molar-refractivity contribution in [2.45, 2.75) is 59.0 Å². The fraction of sp³-hybridized carbons (Fsp3) is 0.542. The molecule has 0 aliphatic carbocycles. The van der Waals surface area contributed by atoms with Crippen molar-refractivity contribution in [3.8, 4) is 0 Å². The zero-order chi connectivity index (χ0) is 24.0. The fourth-order valence-electron chi connectivity index (χ4n) is 3.40. The van der Waals surface area contributed by atoms with Crippen LogP contribution in [0.25, 0.3) is 0 Å². The molecule has 1 aromatic carbocycles. The fourth-order valence-corrected chi connectivity index (χ4v) is 3.40. The van der Waals surface area contributed by atoms with Crippen LogP contribution < -0.4 is 10.6 Å². The third-order valence-corrected chi connectivity index (χ3v) is 5.57. The predicted molar refractivity (Wildman–Crippen MR) is 123 cm³/mol. The third-order valence-electron chi connectivity index (χ3n) is 5.57.